The van der Waals surface area contributed by atoms with Crippen molar-refractivity contribution in [1.82, 2.24) is 19.8 Å². The minimum Gasteiger partial charge on any atom is -0.481 e. The summed E-state index contributed by atoms with van der Waals surface area (Å²) < 4.78 is 1.86. The van der Waals surface area contributed by atoms with Crippen molar-refractivity contribution in [2.45, 2.75) is 43.8 Å². The molecule has 0 amide bonds. The fourth-order valence-corrected chi connectivity index (χ4v) is 4.20. The van der Waals surface area contributed by atoms with Gasteiger partial charge >= 0.3 is 5.97 Å². The first kappa shape index (κ1) is 13.8. The maximum atomic E-state index is 10.5. The Balaban J connectivity index is 1.74. The fourth-order valence-electron chi connectivity index (χ4n) is 2.57. The van der Waals surface area contributed by atoms with Crippen molar-refractivity contribution in [1.29, 1.82) is 0 Å². The number of carboxylic acid groups (broad SMARTS) is 1. The van der Waals surface area contributed by atoms with Gasteiger partial charge < -0.3 is 5.11 Å². The van der Waals surface area contributed by atoms with Gasteiger partial charge in [0.05, 0.1) is 5.75 Å². The quantitative estimate of drug-likeness (QED) is 0.914. The molecule has 20 heavy (non-hydrogen) atoms. The van der Waals surface area contributed by atoms with E-state index in [1.54, 1.807) is 0 Å². The van der Waals surface area contributed by atoms with Crippen molar-refractivity contribution in [3.05, 3.63) is 10.8 Å². The maximum absolute atomic E-state index is 10.5. The van der Waals surface area contributed by atoms with Crippen LogP contribution >= 0.6 is 23.1 Å². The van der Waals surface area contributed by atoms with Crippen LogP contribution < -0.4 is 0 Å². The molecular formula is C12H16N4O2S2. The lowest BCUT2D eigenvalue weighted by atomic mass is 9.89. The Morgan fingerprint density at radius 1 is 1.35 bits per heavy atom. The van der Waals surface area contributed by atoms with Crippen LogP contribution in [0.3, 0.4) is 0 Å². The number of rotatable bonds is 5. The lowest BCUT2D eigenvalue weighted by Gasteiger charge is -2.18. The van der Waals surface area contributed by atoms with E-state index in [-0.39, 0.29) is 5.75 Å². The first-order chi connectivity index (χ1) is 9.74. The summed E-state index contributed by atoms with van der Waals surface area (Å²) in [4.78, 5) is 11.3. The van der Waals surface area contributed by atoms with E-state index in [2.05, 4.69) is 15.3 Å². The Morgan fingerprint density at radius 2 is 2.15 bits per heavy atom. The molecule has 2 aromatic heterocycles. The number of aromatic nitrogens is 4. The van der Waals surface area contributed by atoms with Gasteiger partial charge in [-0.15, -0.1) is 22.0 Å². The number of nitrogens with zero attached hydrogens (tertiary/aromatic N) is 4. The highest BCUT2D eigenvalue weighted by atomic mass is 32.2. The van der Waals surface area contributed by atoms with Crippen LogP contribution in [0.1, 0.15) is 48.9 Å². The van der Waals surface area contributed by atoms with Crippen LogP contribution in [-0.2, 0) is 10.5 Å². The fraction of sp³-hybridized carbons (Fsp3) is 0.667. The number of carboxylic acids is 1. The predicted octanol–water partition coefficient (Wildman–Crippen LogP) is 2.55. The Labute approximate surface area is 124 Å². The van der Waals surface area contributed by atoms with E-state index in [9.17, 15) is 4.79 Å². The lowest BCUT2D eigenvalue weighted by Crippen LogP contribution is -2.09. The van der Waals surface area contributed by atoms with Gasteiger partial charge in [-0.05, 0) is 12.8 Å². The van der Waals surface area contributed by atoms with E-state index in [4.69, 9.17) is 5.11 Å². The summed E-state index contributed by atoms with van der Waals surface area (Å²) >= 11 is 2.86. The van der Waals surface area contributed by atoms with Crippen LogP contribution in [0.25, 0.3) is 4.96 Å². The Bertz CT molecular complexity index is 604. The molecule has 0 atom stereocenters. The van der Waals surface area contributed by atoms with Gasteiger partial charge in [-0.1, -0.05) is 30.6 Å². The Hall–Kier alpha value is -1.15. The van der Waals surface area contributed by atoms with Gasteiger partial charge in [0.15, 0.2) is 5.82 Å². The highest BCUT2D eigenvalue weighted by Crippen LogP contribution is 2.32. The van der Waals surface area contributed by atoms with Crippen molar-refractivity contribution in [3.8, 4) is 0 Å². The summed E-state index contributed by atoms with van der Waals surface area (Å²) in [5.74, 6) is 1.38. The zero-order valence-electron chi connectivity index (χ0n) is 11.0. The smallest absolute Gasteiger partial charge is 0.313 e. The van der Waals surface area contributed by atoms with Crippen molar-refractivity contribution in [2.75, 3.05) is 5.75 Å². The molecule has 0 aromatic carbocycles. The normalized spacial score (nSPS) is 16.8. The molecule has 108 valence electrons. The van der Waals surface area contributed by atoms with E-state index < -0.39 is 5.97 Å². The third-order valence-electron chi connectivity index (χ3n) is 3.48. The average Bonchev–Trinajstić information content (AvgIpc) is 2.99. The molecule has 0 radical (unpaired) electrons. The SMILES string of the molecule is O=C(O)CSCc1nn2c(C3CCCCC3)nnc2s1. The van der Waals surface area contributed by atoms with Gasteiger partial charge in [-0.2, -0.15) is 9.61 Å². The van der Waals surface area contributed by atoms with Crippen molar-refractivity contribution < 1.29 is 9.90 Å². The van der Waals surface area contributed by atoms with Crippen LogP contribution in [0.15, 0.2) is 0 Å². The predicted molar refractivity (Wildman–Crippen MR) is 78.3 cm³/mol. The molecule has 1 fully saturated rings. The summed E-state index contributed by atoms with van der Waals surface area (Å²) in [5, 5.41) is 22.6. The third kappa shape index (κ3) is 2.95. The monoisotopic (exact) mass is 312 g/mol. The summed E-state index contributed by atoms with van der Waals surface area (Å²) in [7, 11) is 0. The van der Waals surface area contributed by atoms with Gasteiger partial charge in [0.2, 0.25) is 4.96 Å². The molecule has 1 saturated carbocycles. The van der Waals surface area contributed by atoms with Gasteiger partial charge in [-0.25, -0.2) is 0 Å². The average molecular weight is 312 g/mol. The highest BCUT2D eigenvalue weighted by Gasteiger charge is 2.22. The molecule has 0 saturated heterocycles. The van der Waals surface area contributed by atoms with Crippen LogP contribution in [0, 0.1) is 0 Å². The first-order valence-electron chi connectivity index (χ1n) is 6.74. The molecule has 0 aliphatic heterocycles. The molecule has 0 bridgehead atoms. The highest BCUT2D eigenvalue weighted by molar-refractivity contribution is 7.99. The second kappa shape index (κ2) is 6.09. The van der Waals surface area contributed by atoms with Crippen molar-refractivity contribution in [3.63, 3.8) is 0 Å². The molecule has 1 N–H and O–H groups in total. The van der Waals surface area contributed by atoms with Gasteiger partial charge in [0, 0.05) is 11.7 Å². The van der Waals surface area contributed by atoms with Gasteiger partial charge in [-0.3, -0.25) is 4.79 Å². The van der Waals surface area contributed by atoms with E-state index in [1.807, 2.05) is 4.52 Å². The largest absolute Gasteiger partial charge is 0.481 e. The Kier molecular flexibility index (Phi) is 4.21. The zero-order valence-corrected chi connectivity index (χ0v) is 12.6. The minimum atomic E-state index is -0.791. The molecule has 6 nitrogen and oxygen atoms in total. The van der Waals surface area contributed by atoms with Gasteiger partial charge in [0.1, 0.15) is 5.01 Å². The van der Waals surface area contributed by atoms with E-state index in [0.717, 1.165) is 15.8 Å². The Morgan fingerprint density at radius 3 is 2.90 bits per heavy atom. The number of fused-ring (bicyclic) bond motifs is 1. The molecule has 2 aromatic rings. The molecule has 1 aliphatic rings. The second-order valence-corrected chi connectivity index (χ2v) is 7.00. The van der Waals surface area contributed by atoms with Crippen LogP contribution in [-0.4, -0.2) is 36.6 Å². The topological polar surface area (TPSA) is 80.4 Å². The molecule has 0 unspecified atom stereocenters. The number of thioether (sulfide) groups is 1. The number of hydrogen-bond donors (Lipinski definition) is 1. The van der Waals surface area contributed by atoms with Crippen LogP contribution in [0.5, 0.6) is 0 Å². The second-order valence-electron chi connectivity index (χ2n) is 4.97. The summed E-state index contributed by atoms with van der Waals surface area (Å²) in [6.07, 6.45) is 6.16. The zero-order chi connectivity index (χ0) is 13.9. The van der Waals surface area contributed by atoms with Gasteiger partial charge in [0.25, 0.3) is 0 Å². The number of aliphatic carboxylic acids is 1. The van der Waals surface area contributed by atoms with E-state index in [1.165, 1.54) is 55.2 Å². The van der Waals surface area contributed by atoms with Crippen molar-refractivity contribution >= 4 is 34.0 Å². The standard InChI is InChI=1S/C12H16N4O2S2/c17-10(18)7-19-6-9-15-16-11(13-14-12(16)20-9)8-4-2-1-3-5-8/h8H,1-7H2,(H,17,18). The number of carbonyl (C=O) groups is 1. The van der Waals surface area contributed by atoms with E-state index >= 15 is 0 Å². The lowest BCUT2D eigenvalue weighted by molar-refractivity contribution is -0.133. The number of hydrogen-bond acceptors (Lipinski definition) is 6. The molecule has 2 heterocycles. The summed E-state index contributed by atoms with van der Waals surface area (Å²) in [6, 6.07) is 0. The summed E-state index contributed by atoms with van der Waals surface area (Å²) in [5.41, 5.74) is 0. The molecule has 1 aliphatic carbocycles. The maximum Gasteiger partial charge on any atom is 0.313 e. The molecule has 3 rings (SSSR count). The van der Waals surface area contributed by atoms with Crippen LogP contribution in [0.4, 0.5) is 0 Å². The van der Waals surface area contributed by atoms with Crippen LogP contribution in [0.2, 0.25) is 0 Å². The molecule has 0 spiro atoms. The molecular weight excluding hydrogens is 296 g/mol. The minimum absolute atomic E-state index is 0.107. The van der Waals surface area contributed by atoms with Crippen molar-refractivity contribution in [2.24, 2.45) is 0 Å². The molecule has 8 heteroatoms. The third-order valence-corrected chi connectivity index (χ3v) is 5.49. The first-order valence-corrected chi connectivity index (χ1v) is 8.71. The summed E-state index contributed by atoms with van der Waals surface area (Å²) in [6.45, 7) is 0. The van der Waals surface area contributed by atoms with E-state index in [0.29, 0.717) is 11.7 Å².